The van der Waals surface area contributed by atoms with Crippen molar-refractivity contribution in [1.29, 1.82) is 0 Å². The predicted molar refractivity (Wildman–Crippen MR) is 94.1 cm³/mol. The van der Waals surface area contributed by atoms with Crippen molar-refractivity contribution in [3.8, 4) is 5.75 Å². The summed E-state index contributed by atoms with van der Waals surface area (Å²) < 4.78 is 5.16. The predicted octanol–water partition coefficient (Wildman–Crippen LogP) is 3.30. The summed E-state index contributed by atoms with van der Waals surface area (Å²) in [6.07, 6.45) is 1.32. The van der Waals surface area contributed by atoms with Crippen LogP contribution in [0.5, 0.6) is 5.75 Å². The van der Waals surface area contributed by atoms with Gasteiger partial charge in [-0.2, -0.15) is 0 Å². The molecule has 4 rings (SSSR count). The third-order valence-electron chi connectivity index (χ3n) is 4.75. The molecule has 0 atom stereocenters. The van der Waals surface area contributed by atoms with Gasteiger partial charge >= 0.3 is 0 Å². The van der Waals surface area contributed by atoms with Gasteiger partial charge in [0.2, 0.25) is 5.91 Å². The van der Waals surface area contributed by atoms with E-state index in [1.807, 2.05) is 35.2 Å². The van der Waals surface area contributed by atoms with Gasteiger partial charge in [-0.15, -0.1) is 0 Å². The molecule has 0 fully saturated rings. The molecule has 1 aliphatic rings. The van der Waals surface area contributed by atoms with Gasteiger partial charge < -0.3 is 14.6 Å². The lowest BCUT2D eigenvalue weighted by molar-refractivity contribution is -0.131. The minimum Gasteiger partial charge on any atom is -0.497 e. The lowest BCUT2D eigenvalue weighted by Gasteiger charge is -2.27. The Bertz CT molecular complexity index is 880. The zero-order chi connectivity index (χ0) is 16.5. The van der Waals surface area contributed by atoms with Gasteiger partial charge in [0.1, 0.15) is 5.75 Å². The molecule has 1 aromatic heterocycles. The third-order valence-corrected chi connectivity index (χ3v) is 4.75. The number of aromatic nitrogens is 1. The molecule has 2 heterocycles. The fourth-order valence-corrected chi connectivity index (χ4v) is 3.41. The molecule has 0 saturated carbocycles. The van der Waals surface area contributed by atoms with Gasteiger partial charge in [-0.05, 0) is 23.8 Å². The average molecular weight is 320 g/mol. The minimum atomic E-state index is 0.177. The number of hydrogen-bond acceptors (Lipinski definition) is 2. The Morgan fingerprint density at radius 2 is 1.96 bits per heavy atom. The summed E-state index contributed by atoms with van der Waals surface area (Å²) in [6, 6.07) is 16.0. The van der Waals surface area contributed by atoms with Crippen LogP contribution in [-0.4, -0.2) is 29.4 Å². The maximum Gasteiger partial charge on any atom is 0.227 e. The van der Waals surface area contributed by atoms with E-state index in [4.69, 9.17) is 4.74 Å². The number of hydrogen-bond donors (Lipinski definition) is 1. The number of benzene rings is 2. The first-order chi connectivity index (χ1) is 11.7. The molecule has 24 heavy (non-hydrogen) atoms. The van der Waals surface area contributed by atoms with Gasteiger partial charge in [0.15, 0.2) is 0 Å². The van der Waals surface area contributed by atoms with Crippen molar-refractivity contribution in [2.75, 3.05) is 13.7 Å². The van der Waals surface area contributed by atoms with Crippen LogP contribution >= 0.6 is 0 Å². The van der Waals surface area contributed by atoms with Crippen LogP contribution in [0, 0.1) is 0 Å². The number of H-pyrrole nitrogens is 1. The average Bonchev–Trinajstić information content (AvgIpc) is 3.00. The standard InChI is InChI=1S/C20H20N2O2/c1-24-15-8-6-14(7-9-15)12-20(23)22-11-10-19-17(13-22)16-4-2-3-5-18(16)21-19/h2-9,21H,10-13H2,1H3. The van der Waals surface area contributed by atoms with E-state index in [1.54, 1.807) is 7.11 Å². The maximum absolute atomic E-state index is 12.7. The molecule has 0 bridgehead atoms. The molecule has 4 heteroatoms. The topological polar surface area (TPSA) is 45.3 Å². The fourth-order valence-electron chi connectivity index (χ4n) is 3.41. The lowest BCUT2D eigenvalue weighted by atomic mass is 10.0. The number of carbonyl (C=O) groups is 1. The quantitative estimate of drug-likeness (QED) is 0.805. The number of carbonyl (C=O) groups excluding carboxylic acids is 1. The smallest absolute Gasteiger partial charge is 0.227 e. The van der Waals surface area contributed by atoms with Crippen LogP contribution in [0.3, 0.4) is 0 Å². The van der Waals surface area contributed by atoms with E-state index in [2.05, 4.69) is 23.2 Å². The molecule has 0 spiro atoms. The Labute approximate surface area is 141 Å². The van der Waals surface area contributed by atoms with E-state index < -0.39 is 0 Å². The number of nitrogens with zero attached hydrogens (tertiary/aromatic N) is 1. The largest absolute Gasteiger partial charge is 0.497 e. The van der Waals surface area contributed by atoms with Crippen molar-refractivity contribution in [3.63, 3.8) is 0 Å². The second kappa shape index (κ2) is 6.04. The van der Waals surface area contributed by atoms with E-state index in [9.17, 15) is 4.79 Å². The third kappa shape index (κ3) is 2.64. The molecule has 0 radical (unpaired) electrons. The van der Waals surface area contributed by atoms with Crippen molar-refractivity contribution < 1.29 is 9.53 Å². The van der Waals surface area contributed by atoms with Crippen molar-refractivity contribution >= 4 is 16.8 Å². The minimum absolute atomic E-state index is 0.177. The van der Waals surface area contributed by atoms with Crippen LogP contribution in [0.1, 0.15) is 16.8 Å². The molecule has 0 saturated heterocycles. The summed E-state index contributed by atoms with van der Waals surface area (Å²) in [5.74, 6) is 0.990. The van der Waals surface area contributed by atoms with E-state index in [-0.39, 0.29) is 5.91 Å². The molecule has 1 N–H and O–H groups in total. The number of nitrogens with one attached hydrogen (secondary N) is 1. The highest BCUT2D eigenvalue weighted by atomic mass is 16.5. The van der Waals surface area contributed by atoms with Gasteiger partial charge in [-0.1, -0.05) is 30.3 Å². The van der Waals surface area contributed by atoms with Crippen LogP contribution in [-0.2, 0) is 24.2 Å². The monoisotopic (exact) mass is 320 g/mol. The van der Waals surface area contributed by atoms with Crippen molar-refractivity contribution in [1.82, 2.24) is 9.88 Å². The highest BCUT2D eigenvalue weighted by Gasteiger charge is 2.23. The highest BCUT2D eigenvalue weighted by molar-refractivity contribution is 5.86. The van der Waals surface area contributed by atoms with Crippen molar-refractivity contribution in [2.45, 2.75) is 19.4 Å². The Morgan fingerprint density at radius 3 is 2.75 bits per heavy atom. The molecule has 0 unspecified atom stereocenters. The summed E-state index contributed by atoms with van der Waals surface area (Å²) in [4.78, 5) is 18.1. The van der Waals surface area contributed by atoms with Crippen LogP contribution in [0.2, 0.25) is 0 Å². The number of amides is 1. The Hall–Kier alpha value is -2.75. The molecule has 1 aliphatic heterocycles. The van der Waals surface area contributed by atoms with Crippen LogP contribution in [0.15, 0.2) is 48.5 Å². The number of ether oxygens (including phenoxy) is 1. The molecule has 2 aromatic carbocycles. The summed E-state index contributed by atoms with van der Waals surface area (Å²) in [5, 5.41) is 1.23. The highest BCUT2D eigenvalue weighted by Crippen LogP contribution is 2.27. The molecular weight excluding hydrogens is 300 g/mol. The van der Waals surface area contributed by atoms with E-state index in [1.165, 1.54) is 16.6 Å². The Morgan fingerprint density at radius 1 is 1.17 bits per heavy atom. The number of fused-ring (bicyclic) bond motifs is 3. The lowest BCUT2D eigenvalue weighted by Crippen LogP contribution is -2.36. The van der Waals surface area contributed by atoms with Crippen LogP contribution in [0.25, 0.3) is 10.9 Å². The second-order valence-corrected chi connectivity index (χ2v) is 6.22. The van der Waals surface area contributed by atoms with Crippen LogP contribution in [0.4, 0.5) is 0 Å². The molecule has 1 amide bonds. The summed E-state index contributed by atoms with van der Waals surface area (Å²) in [7, 11) is 1.65. The first kappa shape index (κ1) is 14.8. The molecule has 122 valence electrons. The van der Waals surface area contributed by atoms with Gasteiger partial charge in [-0.25, -0.2) is 0 Å². The summed E-state index contributed by atoms with van der Waals surface area (Å²) in [5.41, 5.74) is 4.71. The molecule has 0 aliphatic carbocycles. The Balaban J connectivity index is 1.52. The van der Waals surface area contributed by atoms with E-state index in [0.717, 1.165) is 29.8 Å². The maximum atomic E-state index is 12.7. The van der Waals surface area contributed by atoms with Gasteiger partial charge in [0, 0.05) is 41.7 Å². The summed E-state index contributed by atoms with van der Waals surface area (Å²) >= 11 is 0. The molecule has 4 nitrogen and oxygen atoms in total. The normalized spacial score (nSPS) is 13.8. The van der Waals surface area contributed by atoms with E-state index in [0.29, 0.717) is 13.0 Å². The number of aromatic amines is 1. The number of para-hydroxylation sites is 1. The van der Waals surface area contributed by atoms with Crippen LogP contribution < -0.4 is 4.74 Å². The molecular formula is C20H20N2O2. The fraction of sp³-hybridized carbons (Fsp3) is 0.250. The van der Waals surface area contributed by atoms with E-state index >= 15 is 0 Å². The van der Waals surface area contributed by atoms with Gasteiger partial charge in [-0.3, -0.25) is 4.79 Å². The number of rotatable bonds is 3. The zero-order valence-corrected chi connectivity index (χ0v) is 13.7. The van der Waals surface area contributed by atoms with Crippen molar-refractivity contribution in [3.05, 3.63) is 65.4 Å². The van der Waals surface area contributed by atoms with Gasteiger partial charge in [0.05, 0.1) is 13.5 Å². The van der Waals surface area contributed by atoms with Crippen molar-refractivity contribution in [2.24, 2.45) is 0 Å². The summed E-state index contributed by atoms with van der Waals surface area (Å²) in [6.45, 7) is 1.46. The Kier molecular flexibility index (Phi) is 3.73. The zero-order valence-electron chi connectivity index (χ0n) is 13.7. The SMILES string of the molecule is COc1ccc(CC(=O)N2CCc3[nH]c4ccccc4c3C2)cc1. The number of methoxy groups -OCH3 is 1. The molecule has 3 aromatic rings. The first-order valence-electron chi connectivity index (χ1n) is 8.24. The second-order valence-electron chi connectivity index (χ2n) is 6.22. The van der Waals surface area contributed by atoms with Gasteiger partial charge in [0.25, 0.3) is 0 Å². The first-order valence-corrected chi connectivity index (χ1v) is 8.24.